The zero-order chi connectivity index (χ0) is 11.0. The summed E-state index contributed by atoms with van der Waals surface area (Å²) >= 11 is 1.68. The third-order valence-electron chi connectivity index (χ3n) is 2.84. The van der Waals surface area contributed by atoms with Crippen molar-refractivity contribution in [1.82, 2.24) is 9.88 Å². The Hall–Kier alpha value is -1.42. The molecule has 0 radical (unpaired) electrons. The van der Waals surface area contributed by atoms with E-state index >= 15 is 0 Å². The van der Waals surface area contributed by atoms with Gasteiger partial charge in [0.2, 0.25) is 5.91 Å². The van der Waals surface area contributed by atoms with E-state index in [-0.39, 0.29) is 5.91 Å². The van der Waals surface area contributed by atoms with Crippen LogP contribution in [0.25, 0.3) is 10.2 Å². The number of para-hydroxylation sites is 1. The first-order chi connectivity index (χ1) is 7.83. The van der Waals surface area contributed by atoms with Crippen molar-refractivity contribution in [3.63, 3.8) is 0 Å². The molecule has 82 valence electrons. The number of likely N-dealkylation sites (tertiary alicyclic amines) is 1. The number of fused-ring (bicyclic) bond motifs is 1. The molecule has 0 saturated carbocycles. The van der Waals surface area contributed by atoms with Crippen LogP contribution in [-0.4, -0.2) is 22.3 Å². The lowest BCUT2D eigenvalue weighted by Crippen LogP contribution is -2.23. The number of benzene rings is 1. The van der Waals surface area contributed by atoms with Crippen molar-refractivity contribution in [2.24, 2.45) is 0 Å². The Bertz CT molecular complexity index is 502. The van der Waals surface area contributed by atoms with Crippen LogP contribution in [-0.2, 0) is 11.3 Å². The Morgan fingerprint density at radius 1 is 1.38 bits per heavy atom. The first-order valence-corrected chi connectivity index (χ1v) is 6.27. The molecule has 4 heteroatoms. The molecule has 1 aromatic heterocycles. The van der Waals surface area contributed by atoms with Crippen LogP contribution in [0.1, 0.15) is 17.8 Å². The molecule has 3 nitrogen and oxygen atoms in total. The van der Waals surface area contributed by atoms with Gasteiger partial charge in [0.15, 0.2) is 0 Å². The van der Waals surface area contributed by atoms with E-state index in [1.165, 1.54) is 4.70 Å². The fourth-order valence-electron chi connectivity index (χ4n) is 2.02. The summed E-state index contributed by atoms with van der Waals surface area (Å²) in [6.45, 7) is 1.56. The van der Waals surface area contributed by atoms with Crippen LogP contribution in [0.4, 0.5) is 0 Å². The number of thiazole rings is 1. The number of hydrogen-bond acceptors (Lipinski definition) is 3. The molecule has 2 aromatic rings. The maximum Gasteiger partial charge on any atom is 0.223 e. The topological polar surface area (TPSA) is 33.2 Å². The predicted octanol–water partition coefficient (Wildman–Crippen LogP) is 2.42. The molecule has 1 aliphatic rings. The van der Waals surface area contributed by atoms with Crippen molar-refractivity contribution in [2.75, 3.05) is 6.54 Å². The third-order valence-corrected chi connectivity index (χ3v) is 3.86. The highest BCUT2D eigenvalue weighted by molar-refractivity contribution is 7.18. The van der Waals surface area contributed by atoms with E-state index in [9.17, 15) is 4.79 Å². The second-order valence-electron chi connectivity index (χ2n) is 3.99. The molecule has 0 aliphatic carbocycles. The zero-order valence-corrected chi connectivity index (χ0v) is 9.67. The van der Waals surface area contributed by atoms with Crippen molar-refractivity contribution in [1.29, 1.82) is 0 Å². The Kier molecular flexibility index (Phi) is 2.36. The molecule has 0 bridgehead atoms. The van der Waals surface area contributed by atoms with Crippen molar-refractivity contribution < 1.29 is 4.79 Å². The van der Waals surface area contributed by atoms with Gasteiger partial charge in [0.25, 0.3) is 0 Å². The lowest BCUT2D eigenvalue weighted by atomic mass is 10.3. The SMILES string of the molecule is O=C1CCCN1Cc1nc2ccccc2s1. The molecule has 0 spiro atoms. The van der Waals surface area contributed by atoms with Crippen molar-refractivity contribution >= 4 is 27.5 Å². The molecule has 0 unspecified atom stereocenters. The number of carbonyl (C=O) groups is 1. The summed E-state index contributed by atoms with van der Waals surface area (Å²) in [5, 5.41) is 1.04. The summed E-state index contributed by atoms with van der Waals surface area (Å²) in [5.41, 5.74) is 1.04. The average molecular weight is 232 g/mol. The van der Waals surface area contributed by atoms with Gasteiger partial charge in [-0.2, -0.15) is 0 Å². The van der Waals surface area contributed by atoms with Gasteiger partial charge in [0, 0.05) is 13.0 Å². The van der Waals surface area contributed by atoms with Crippen LogP contribution >= 0.6 is 11.3 Å². The molecular weight excluding hydrogens is 220 g/mol. The third kappa shape index (κ3) is 1.69. The summed E-state index contributed by atoms with van der Waals surface area (Å²) in [6, 6.07) is 8.10. The van der Waals surface area contributed by atoms with Crippen molar-refractivity contribution in [2.45, 2.75) is 19.4 Å². The van der Waals surface area contributed by atoms with Gasteiger partial charge in [0.1, 0.15) is 5.01 Å². The summed E-state index contributed by atoms with van der Waals surface area (Å²) in [5.74, 6) is 0.263. The molecule has 1 aliphatic heterocycles. The molecule has 1 saturated heterocycles. The van der Waals surface area contributed by atoms with E-state index in [1.54, 1.807) is 11.3 Å². The van der Waals surface area contributed by atoms with Crippen LogP contribution in [0, 0.1) is 0 Å². The number of carbonyl (C=O) groups excluding carboxylic acids is 1. The van der Waals surface area contributed by atoms with Gasteiger partial charge < -0.3 is 4.90 Å². The maximum absolute atomic E-state index is 11.5. The van der Waals surface area contributed by atoms with Gasteiger partial charge in [-0.15, -0.1) is 11.3 Å². The Labute approximate surface area is 97.7 Å². The van der Waals surface area contributed by atoms with E-state index in [2.05, 4.69) is 11.1 Å². The molecule has 16 heavy (non-hydrogen) atoms. The highest BCUT2D eigenvalue weighted by Gasteiger charge is 2.21. The molecule has 1 amide bonds. The van der Waals surface area contributed by atoms with E-state index < -0.39 is 0 Å². The van der Waals surface area contributed by atoms with Gasteiger partial charge in [-0.25, -0.2) is 4.98 Å². The van der Waals surface area contributed by atoms with E-state index in [4.69, 9.17) is 0 Å². The zero-order valence-electron chi connectivity index (χ0n) is 8.85. The second-order valence-corrected chi connectivity index (χ2v) is 5.11. The summed E-state index contributed by atoms with van der Waals surface area (Å²) in [7, 11) is 0. The minimum atomic E-state index is 0.263. The number of aromatic nitrogens is 1. The normalized spacial score (nSPS) is 16.2. The number of amides is 1. The Morgan fingerprint density at radius 3 is 3.00 bits per heavy atom. The molecule has 3 rings (SSSR count). The van der Waals surface area contributed by atoms with Gasteiger partial charge in [-0.1, -0.05) is 12.1 Å². The molecule has 1 fully saturated rings. The van der Waals surface area contributed by atoms with E-state index in [1.807, 2.05) is 23.1 Å². The van der Waals surface area contributed by atoms with E-state index in [0.717, 1.165) is 23.5 Å². The van der Waals surface area contributed by atoms with Crippen LogP contribution in [0.5, 0.6) is 0 Å². The fourth-order valence-corrected chi connectivity index (χ4v) is 3.01. The monoisotopic (exact) mass is 232 g/mol. The van der Waals surface area contributed by atoms with E-state index in [0.29, 0.717) is 13.0 Å². The van der Waals surface area contributed by atoms with Gasteiger partial charge in [0.05, 0.1) is 16.8 Å². The Morgan fingerprint density at radius 2 is 2.25 bits per heavy atom. The number of hydrogen-bond donors (Lipinski definition) is 0. The summed E-state index contributed by atoms with van der Waals surface area (Å²) in [6.07, 6.45) is 1.69. The molecule has 2 heterocycles. The summed E-state index contributed by atoms with van der Waals surface area (Å²) < 4.78 is 1.20. The maximum atomic E-state index is 11.5. The highest BCUT2D eigenvalue weighted by Crippen LogP contribution is 2.24. The average Bonchev–Trinajstić information content (AvgIpc) is 2.85. The van der Waals surface area contributed by atoms with Crippen LogP contribution in [0.2, 0.25) is 0 Å². The molecular formula is C12H12N2OS. The highest BCUT2D eigenvalue weighted by atomic mass is 32.1. The molecule has 0 atom stereocenters. The minimum Gasteiger partial charge on any atom is -0.336 e. The smallest absolute Gasteiger partial charge is 0.223 e. The van der Waals surface area contributed by atoms with Crippen LogP contribution < -0.4 is 0 Å². The largest absolute Gasteiger partial charge is 0.336 e. The lowest BCUT2D eigenvalue weighted by molar-refractivity contribution is -0.128. The van der Waals surface area contributed by atoms with Gasteiger partial charge >= 0.3 is 0 Å². The first kappa shape index (κ1) is 9.78. The van der Waals surface area contributed by atoms with Gasteiger partial charge in [-0.3, -0.25) is 4.79 Å². The van der Waals surface area contributed by atoms with Crippen molar-refractivity contribution in [3.05, 3.63) is 29.3 Å². The first-order valence-electron chi connectivity index (χ1n) is 5.45. The quantitative estimate of drug-likeness (QED) is 0.796. The van der Waals surface area contributed by atoms with Crippen LogP contribution in [0.15, 0.2) is 24.3 Å². The van der Waals surface area contributed by atoms with Crippen LogP contribution in [0.3, 0.4) is 0 Å². The Balaban J connectivity index is 1.86. The standard InChI is InChI=1S/C12H12N2OS/c15-12-6-3-7-14(12)8-11-13-9-4-1-2-5-10(9)16-11/h1-2,4-5H,3,6-8H2. The summed E-state index contributed by atoms with van der Waals surface area (Å²) in [4.78, 5) is 17.9. The molecule has 0 N–H and O–H groups in total. The van der Waals surface area contributed by atoms with Crippen molar-refractivity contribution in [3.8, 4) is 0 Å². The predicted molar refractivity (Wildman–Crippen MR) is 64.3 cm³/mol. The van der Waals surface area contributed by atoms with Gasteiger partial charge in [-0.05, 0) is 18.6 Å². The number of rotatable bonds is 2. The minimum absolute atomic E-state index is 0.263. The fraction of sp³-hybridized carbons (Fsp3) is 0.333. The second kappa shape index (κ2) is 3.87. The molecule has 1 aromatic carbocycles. The number of nitrogens with zero attached hydrogens (tertiary/aromatic N) is 2. The lowest BCUT2D eigenvalue weighted by Gasteiger charge is -2.12.